The molecule has 3 aromatic rings. The number of ether oxygens (including phenoxy) is 2. The third kappa shape index (κ3) is 4.76. The molecule has 4 rings (SSSR count). The Morgan fingerprint density at radius 1 is 1.38 bits per heavy atom. The van der Waals surface area contributed by atoms with Gasteiger partial charge in [-0.25, -0.2) is 4.98 Å². The van der Waals surface area contributed by atoms with Crippen LogP contribution >= 0.6 is 11.3 Å². The van der Waals surface area contributed by atoms with Crippen LogP contribution in [0.2, 0.25) is 0 Å². The molecule has 29 heavy (non-hydrogen) atoms. The van der Waals surface area contributed by atoms with Gasteiger partial charge in [0.15, 0.2) is 11.5 Å². The number of hydrogen-bond acceptors (Lipinski definition) is 7. The van der Waals surface area contributed by atoms with E-state index in [1.54, 1.807) is 22.3 Å². The number of nitrogens with zero attached hydrogens (tertiary/aromatic N) is 3. The van der Waals surface area contributed by atoms with E-state index in [0.29, 0.717) is 30.3 Å². The number of thiazole rings is 1. The van der Waals surface area contributed by atoms with Crippen molar-refractivity contribution in [2.75, 3.05) is 19.7 Å². The second kappa shape index (κ2) is 8.92. The summed E-state index contributed by atoms with van der Waals surface area (Å²) >= 11 is 1.65. The summed E-state index contributed by atoms with van der Waals surface area (Å²) in [5.74, 6) is 1.09. The van der Waals surface area contributed by atoms with Gasteiger partial charge in [0, 0.05) is 31.8 Å². The molecule has 1 fully saturated rings. The van der Waals surface area contributed by atoms with Gasteiger partial charge in [-0.15, -0.1) is 11.3 Å². The number of amides is 1. The number of carbonyl (C=O) groups is 1. The number of fused-ring (bicyclic) bond motifs is 1. The van der Waals surface area contributed by atoms with Crippen LogP contribution in [0.4, 0.5) is 0 Å². The van der Waals surface area contributed by atoms with E-state index in [4.69, 9.17) is 14.0 Å². The van der Waals surface area contributed by atoms with E-state index in [1.807, 2.05) is 25.1 Å². The van der Waals surface area contributed by atoms with Gasteiger partial charge in [0.25, 0.3) is 5.91 Å². The first-order valence-corrected chi connectivity index (χ1v) is 10.8. The molecule has 1 atom stereocenters. The van der Waals surface area contributed by atoms with Gasteiger partial charge in [-0.1, -0.05) is 12.1 Å². The SMILES string of the molecule is CCCN(C[C@H]1CCCO1)C(=O)c1cc(COc2ccc3sc(C)nc3c2)on1. The van der Waals surface area contributed by atoms with Crippen LogP contribution in [-0.2, 0) is 11.3 Å². The van der Waals surface area contributed by atoms with E-state index in [-0.39, 0.29) is 18.6 Å². The van der Waals surface area contributed by atoms with E-state index >= 15 is 0 Å². The van der Waals surface area contributed by atoms with E-state index in [2.05, 4.69) is 17.1 Å². The van der Waals surface area contributed by atoms with Crippen LogP contribution in [0.5, 0.6) is 5.75 Å². The first kappa shape index (κ1) is 19.8. The summed E-state index contributed by atoms with van der Waals surface area (Å²) in [5, 5.41) is 4.98. The molecule has 8 heteroatoms. The summed E-state index contributed by atoms with van der Waals surface area (Å²) < 4.78 is 17.9. The number of hydrogen-bond donors (Lipinski definition) is 0. The minimum atomic E-state index is -0.128. The van der Waals surface area contributed by atoms with Crippen molar-refractivity contribution >= 4 is 27.5 Å². The molecule has 0 radical (unpaired) electrons. The quantitative estimate of drug-likeness (QED) is 0.549. The van der Waals surface area contributed by atoms with Gasteiger partial charge in [0.2, 0.25) is 0 Å². The van der Waals surface area contributed by atoms with E-state index in [1.165, 1.54) is 0 Å². The van der Waals surface area contributed by atoms with Gasteiger partial charge in [-0.2, -0.15) is 0 Å². The second-order valence-corrected chi connectivity index (χ2v) is 8.45. The van der Waals surface area contributed by atoms with Crippen LogP contribution in [0.15, 0.2) is 28.8 Å². The van der Waals surface area contributed by atoms with E-state index < -0.39 is 0 Å². The van der Waals surface area contributed by atoms with Crippen molar-refractivity contribution in [1.82, 2.24) is 15.0 Å². The largest absolute Gasteiger partial charge is 0.485 e. The number of rotatable bonds is 8. The summed E-state index contributed by atoms with van der Waals surface area (Å²) in [6, 6.07) is 7.48. The lowest BCUT2D eigenvalue weighted by Gasteiger charge is -2.24. The Kier molecular flexibility index (Phi) is 6.10. The highest BCUT2D eigenvalue weighted by atomic mass is 32.1. The maximum atomic E-state index is 12.9. The fraction of sp³-hybridized carbons (Fsp3) is 0.476. The van der Waals surface area contributed by atoms with E-state index in [0.717, 1.165) is 41.1 Å². The lowest BCUT2D eigenvalue weighted by Crippen LogP contribution is -2.38. The number of aromatic nitrogens is 2. The Balaban J connectivity index is 1.38. The Bertz CT molecular complexity index is 977. The van der Waals surface area contributed by atoms with Gasteiger partial charge in [0.05, 0.1) is 21.3 Å². The predicted octanol–water partition coefficient (Wildman–Crippen LogP) is 4.20. The summed E-state index contributed by atoms with van der Waals surface area (Å²) in [7, 11) is 0. The van der Waals surface area contributed by atoms with Crippen molar-refractivity contribution < 1.29 is 18.8 Å². The van der Waals surface area contributed by atoms with Crippen LogP contribution in [0.3, 0.4) is 0 Å². The van der Waals surface area contributed by atoms with Gasteiger partial charge in [0.1, 0.15) is 12.4 Å². The lowest BCUT2D eigenvalue weighted by atomic mass is 10.2. The Morgan fingerprint density at radius 3 is 3.07 bits per heavy atom. The fourth-order valence-electron chi connectivity index (χ4n) is 3.49. The number of benzene rings is 1. The van der Waals surface area contributed by atoms with Gasteiger partial charge < -0.3 is 18.9 Å². The lowest BCUT2D eigenvalue weighted by molar-refractivity contribution is 0.0518. The molecule has 0 N–H and O–H groups in total. The van der Waals surface area contributed by atoms with Crippen molar-refractivity contribution in [3.05, 3.63) is 40.7 Å². The van der Waals surface area contributed by atoms with Crippen molar-refractivity contribution in [2.24, 2.45) is 0 Å². The molecule has 2 aromatic heterocycles. The molecule has 1 amide bonds. The molecular formula is C21H25N3O4S. The molecular weight excluding hydrogens is 390 g/mol. The van der Waals surface area contributed by atoms with Crippen LogP contribution in [0.25, 0.3) is 10.2 Å². The summed E-state index contributed by atoms with van der Waals surface area (Å²) in [5.41, 5.74) is 1.23. The van der Waals surface area contributed by atoms with Crippen molar-refractivity contribution in [3.8, 4) is 5.75 Å². The maximum absolute atomic E-state index is 12.9. The van der Waals surface area contributed by atoms with Crippen molar-refractivity contribution in [1.29, 1.82) is 0 Å². The fourth-order valence-corrected chi connectivity index (χ4v) is 4.30. The first-order chi connectivity index (χ1) is 14.1. The second-order valence-electron chi connectivity index (χ2n) is 7.22. The van der Waals surface area contributed by atoms with Gasteiger partial charge in [-0.05, 0) is 38.3 Å². The van der Waals surface area contributed by atoms with Crippen LogP contribution in [0, 0.1) is 6.92 Å². The highest BCUT2D eigenvalue weighted by molar-refractivity contribution is 7.18. The highest BCUT2D eigenvalue weighted by Crippen LogP contribution is 2.26. The average Bonchev–Trinajstić information content (AvgIpc) is 3.45. The Morgan fingerprint density at radius 2 is 2.28 bits per heavy atom. The molecule has 1 aliphatic rings. The molecule has 7 nitrogen and oxygen atoms in total. The molecule has 1 aliphatic heterocycles. The summed E-state index contributed by atoms with van der Waals surface area (Å²) in [6.45, 7) is 6.28. The van der Waals surface area contributed by atoms with Crippen LogP contribution < -0.4 is 4.74 Å². The molecule has 0 unspecified atom stereocenters. The third-order valence-corrected chi connectivity index (χ3v) is 5.81. The van der Waals surface area contributed by atoms with Crippen molar-refractivity contribution in [3.63, 3.8) is 0 Å². The number of aryl methyl sites for hydroxylation is 1. The minimum Gasteiger partial charge on any atom is -0.485 e. The first-order valence-electron chi connectivity index (χ1n) is 9.99. The summed E-state index contributed by atoms with van der Waals surface area (Å²) in [4.78, 5) is 19.1. The topological polar surface area (TPSA) is 77.7 Å². The molecule has 0 spiro atoms. The average molecular weight is 416 g/mol. The van der Waals surface area contributed by atoms with E-state index in [9.17, 15) is 4.79 Å². The molecule has 0 saturated carbocycles. The zero-order valence-electron chi connectivity index (χ0n) is 16.7. The highest BCUT2D eigenvalue weighted by Gasteiger charge is 2.25. The zero-order valence-corrected chi connectivity index (χ0v) is 17.5. The van der Waals surface area contributed by atoms with Crippen LogP contribution in [0.1, 0.15) is 47.4 Å². The molecule has 1 saturated heterocycles. The van der Waals surface area contributed by atoms with Crippen molar-refractivity contribution in [2.45, 2.75) is 45.8 Å². The van der Waals surface area contributed by atoms with Crippen LogP contribution in [-0.4, -0.2) is 46.7 Å². The third-order valence-electron chi connectivity index (χ3n) is 4.85. The Hall–Kier alpha value is -2.45. The molecule has 154 valence electrons. The molecule has 0 aliphatic carbocycles. The molecule has 3 heterocycles. The smallest absolute Gasteiger partial charge is 0.276 e. The normalized spacial score (nSPS) is 16.4. The van der Waals surface area contributed by atoms with Gasteiger partial charge >= 0.3 is 0 Å². The Labute approximate surface area is 173 Å². The maximum Gasteiger partial charge on any atom is 0.276 e. The number of carbonyl (C=O) groups excluding carboxylic acids is 1. The molecule has 0 bridgehead atoms. The van der Waals surface area contributed by atoms with Gasteiger partial charge in [-0.3, -0.25) is 4.79 Å². The monoisotopic (exact) mass is 415 g/mol. The summed E-state index contributed by atoms with van der Waals surface area (Å²) in [6.07, 6.45) is 3.04. The minimum absolute atomic E-state index is 0.115. The zero-order chi connectivity index (χ0) is 20.2. The predicted molar refractivity (Wildman–Crippen MR) is 110 cm³/mol. The molecule has 1 aromatic carbocycles. The standard InChI is InChI=1S/C21H25N3O4S/c1-3-8-24(12-16-5-4-9-26-16)21(25)19-11-17(28-23-19)13-27-15-6-7-20-18(10-15)22-14(2)29-20/h6-7,10-11,16H,3-5,8-9,12-13H2,1-2H3/t16-/m1/s1.